The number of imide groups is 1. The van der Waals surface area contributed by atoms with E-state index in [0.717, 1.165) is 4.90 Å². The highest BCUT2D eigenvalue weighted by atomic mass is 19.1. The summed E-state index contributed by atoms with van der Waals surface area (Å²) >= 11 is 0. The molecule has 0 aromatic heterocycles. The first-order valence-electron chi connectivity index (χ1n) is 6.88. The second-order valence-electron chi connectivity index (χ2n) is 5.04. The van der Waals surface area contributed by atoms with Crippen LogP contribution in [-0.2, 0) is 9.53 Å². The van der Waals surface area contributed by atoms with Crippen LogP contribution in [-0.4, -0.2) is 22.7 Å². The van der Waals surface area contributed by atoms with Crippen molar-refractivity contribution in [2.45, 2.75) is 13.2 Å². The van der Waals surface area contributed by atoms with Gasteiger partial charge >= 0.3 is 5.97 Å². The van der Waals surface area contributed by atoms with Crippen LogP contribution < -0.4 is 0 Å². The molecule has 1 aliphatic heterocycles. The molecule has 0 saturated heterocycles. The Balaban J connectivity index is 2.04. The van der Waals surface area contributed by atoms with E-state index < -0.39 is 29.8 Å². The second kappa shape index (κ2) is 5.64. The van der Waals surface area contributed by atoms with Crippen LogP contribution >= 0.6 is 0 Å². The molecule has 5 nitrogen and oxygen atoms in total. The Kier molecular flexibility index (Phi) is 3.65. The number of rotatable bonds is 3. The molecule has 1 aliphatic rings. The first-order valence-corrected chi connectivity index (χ1v) is 6.88. The summed E-state index contributed by atoms with van der Waals surface area (Å²) in [6.45, 7) is 1.18. The van der Waals surface area contributed by atoms with Gasteiger partial charge in [0, 0.05) is 12.5 Å². The van der Waals surface area contributed by atoms with E-state index in [2.05, 4.69) is 0 Å². The number of halogens is 1. The minimum Gasteiger partial charge on any atom is -0.437 e. The number of hydrogen-bond acceptors (Lipinski definition) is 4. The molecule has 0 saturated carbocycles. The molecule has 0 aliphatic carbocycles. The number of hydrogen-bond donors (Lipinski definition) is 0. The molecule has 0 radical (unpaired) electrons. The molecule has 0 spiro atoms. The van der Waals surface area contributed by atoms with Crippen molar-refractivity contribution in [2.24, 2.45) is 0 Å². The van der Waals surface area contributed by atoms with E-state index >= 15 is 0 Å². The fourth-order valence-electron chi connectivity index (χ4n) is 2.48. The van der Waals surface area contributed by atoms with Crippen molar-refractivity contribution in [1.82, 2.24) is 4.90 Å². The lowest BCUT2D eigenvalue weighted by molar-refractivity contribution is -0.152. The van der Waals surface area contributed by atoms with Gasteiger partial charge < -0.3 is 4.74 Å². The van der Waals surface area contributed by atoms with Crippen molar-refractivity contribution in [3.05, 3.63) is 71.0 Å². The fraction of sp³-hybridized carbons (Fsp3) is 0.118. The lowest BCUT2D eigenvalue weighted by Gasteiger charge is -2.25. The van der Waals surface area contributed by atoms with Crippen LogP contribution in [0.25, 0.3) is 0 Å². The number of ether oxygens (including phenoxy) is 1. The van der Waals surface area contributed by atoms with Gasteiger partial charge in [-0.2, -0.15) is 0 Å². The number of amides is 2. The molecule has 0 fully saturated rings. The van der Waals surface area contributed by atoms with Crippen molar-refractivity contribution in [2.75, 3.05) is 0 Å². The monoisotopic (exact) mass is 313 g/mol. The quantitative estimate of drug-likeness (QED) is 0.645. The maximum absolute atomic E-state index is 13.1. The largest absolute Gasteiger partial charge is 0.437 e. The molecule has 2 aromatic rings. The number of fused-ring (bicyclic) bond motifs is 1. The number of carbonyl (C=O) groups excluding carboxylic acids is 3. The molecule has 1 heterocycles. The molecule has 1 atom stereocenters. The molecule has 2 amide bonds. The smallest absolute Gasteiger partial charge is 0.304 e. The van der Waals surface area contributed by atoms with Crippen LogP contribution in [0.1, 0.15) is 39.4 Å². The Morgan fingerprint density at radius 2 is 1.52 bits per heavy atom. The molecule has 1 unspecified atom stereocenters. The van der Waals surface area contributed by atoms with Crippen LogP contribution in [0.3, 0.4) is 0 Å². The molecule has 6 heteroatoms. The standard InChI is InChI=1S/C17H12FNO4/c1-10(20)23-17(11-6-8-12(18)9-7-11)19-15(21)13-4-2-3-5-14(13)16(19)22/h2-9,17H,1H3. The number of esters is 1. The summed E-state index contributed by atoms with van der Waals surface area (Å²) < 4.78 is 18.3. The summed E-state index contributed by atoms with van der Waals surface area (Å²) in [5, 5.41) is 0. The molecular formula is C17H12FNO4. The Labute approximate surface area is 131 Å². The summed E-state index contributed by atoms with van der Waals surface area (Å²) in [7, 11) is 0. The van der Waals surface area contributed by atoms with E-state index in [9.17, 15) is 18.8 Å². The molecule has 23 heavy (non-hydrogen) atoms. The van der Waals surface area contributed by atoms with Gasteiger partial charge in [-0.15, -0.1) is 0 Å². The lowest BCUT2D eigenvalue weighted by Crippen LogP contribution is -2.36. The molecule has 0 N–H and O–H groups in total. The highest BCUT2D eigenvalue weighted by Crippen LogP contribution is 2.32. The molecular weight excluding hydrogens is 301 g/mol. The fourth-order valence-corrected chi connectivity index (χ4v) is 2.48. The van der Waals surface area contributed by atoms with Crippen LogP contribution in [0.2, 0.25) is 0 Å². The van der Waals surface area contributed by atoms with E-state index in [1.807, 2.05) is 0 Å². The lowest BCUT2D eigenvalue weighted by atomic mass is 10.1. The van der Waals surface area contributed by atoms with E-state index in [4.69, 9.17) is 4.74 Å². The molecule has 2 aromatic carbocycles. The molecule has 3 rings (SSSR count). The Bertz CT molecular complexity index is 765. The average molecular weight is 313 g/mol. The molecule has 0 bridgehead atoms. The highest BCUT2D eigenvalue weighted by Gasteiger charge is 2.41. The van der Waals surface area contributed by atoms with Gasteiger partial charge in [0.15, 0.2) is 0 Å². The van der Waals surface area contributed by atoms with E-state index in [1.54, 1.807) is 12.1 Å². The minimum atomic E-state index is -1.24. The number of nitrogens with zero attached hydrogens (tertiary/aromatic N) is 1. The summed E-state index contributed by atoms with van der Waals surface area (Å²) in [4.78, 5) is 37.3. The SMILES string of the molecule is CC(=O)OC(c1ccc(F)cc1)N1C(=O)c2ccccc2C1=O. The van der Waals surface area contributed by atoms with Crippen LogP contribution in [0.15, 0.2) is 48.5 Å². The Morgan fingerprint density at radius 1 is 1.00 bits per heavy atom. The maximum Gasteiger partial charge on any atom is 0.304 e. The van der Waals surface area contributed by atoms with Gasteiger partial charge in [-0.05, 0) is 24.3 Å². The van der Waals surface area contributed by atoms with Gasteiger partial charge in [0.05, 0.1) is 11.1 Å². The van der Waals surface area contributed by atoms with E-state index in [-0.39, 0.29) is 11.1 Å². The van der Waals surface area contributed by atoms with Crippen molar-refractivity contribution >= 4 is 17.8 Å². The Morgan fingerprint density at radius 3 is 2.00 bits per heavy atom. The van der Waals surface area contributed by atoms with Gasteiger partial charge in [0.1, 0.15) is 5.82 Å². The summed E-state index contributed by atoms with van der Waals surface area (Å²) in [6.07, 6.45) is -1.24. The van der Waals surface area contributed by atoms with Crippen molar-refractivity contribution in [3.8, 4) is 0 Å². The third kappa shape index (κ3) is 2.59. The first kappa shape index (κ1) is 14.9. The predicted molar refractivity (Wildman–Crippen MR) is 77.8 cm³/mol. The zero-order valence-electron chi connectivity index (χ0n) is 12.2. The third-order valence-corrected chi connectivity index (χ3v) is 3.49. The van der Waals surface area contributed by atoms with Gasteiger partial charge in [-0.3, -0.25) is 14.4 Å². The summed E-state index contributed by atoms with van der Waals surface area (Å²) in [6, 6.07) is 11.4. The third-order valence-electron chi connectivity index (χ3n) is 3.49. The van der Waals surface area contributed by atoms with Crippen LogP contribution in [0.5, 0.6) is 0 Å². The van der Waals surface area contributed by atoms with Crippen LogP contribution in [0, 0.1) is 5.82 Å². The van der Waals surface area contributed by atoms with Crippen molar-refractivity contribution in [3.63, 3.8) is 0 Å². The summed E-state index contributed by atoms with van der Waals surface area (Å²) in [5.74, 6) is -2.24. The second-order valence-corrected chi connectivity index (χ2v) is 5.04. The molecule has 116 valence electrons. The van der Waals surface area contributed by atoms with Gasteiger partial charge in [-0.25, -0.2) is 9.29 Å². The topological polar surface area (TPSA) is 63.7 Å². The predicted octanol–water partition coefficient (Wildman–Crippen LogP) is 2.68. The minimum absolute atomic E-state index is 0.247. The summed E-state index contributed by atoms with van der Waals surface area (Å²) in [5.41, 5.74) is 0.824. The average Bonchev–Trinajstić information content (AvgIpc) is 2.78. The number of carbonyl (C=O) groups is 3. The Hall–Kier alpha value is -3.02. The van der Waals surface area contributed by atoms with Crippen LogP contribution in [0.4, 0.5) is 4.39 Å². The zero-order chi connectivity index (χ0) is 16.6. The van der Waals surface area contributed by atoms with Gasteiger partial charge in [0.2, 0.25) is 6.23 Å². The van der Waals surface area contributed by atoms with E-state index in [1.165, 1.54) is 43.3 Å². The van der Waals surface area contributed by atoms with Gasteiger partial charge in [0.25, 0.3) is 11.8 Å². The maximum atomic E-state index is 13.1. The van der Waals surface area contributed by atoms with E-state index in [0.29, 0.717) is 5.56 Å². The first-order chi connectivity index (χ1) is 11.0. The van der Waals surface area contributed by atoms with Gasteiger partial charge in [-0.1, -0.05) is 24.3 Å². The number of benzene rings is 2. The van der Waals surface area contributed by atoms with Crippen molar-refractivity contribution < 1.29 is 23.5 Å². The highest BCUT2D eigenvalue weighted by molar-refractivity contribution is 6.21. The zero-order valence-corrected chi connectivity index (χ0v) is 12.2. The normalized spacial score (nSPS) is 14.6. The van der Waals surface area contributed by atoms with Crippen molar-refractivity contribution in [1.29, 1.82) is 0 Å².